The molecule has 0 aliphatic rings. The number of ether oxygens (including phenoxy) is 2. The summed E-state index contributed by atoms with van der Waals surface area (Å²) in [5, 5.41) is 5.59. The summed E-state index contributed by atoms with van der Waals surface area (Å²) in [5.41, 5.74) is 0.221. The molecule has 1 heterocycles. The fourth-order valence-corrected chi connectivity index (χ4v) is 3.82. The Kier molecular flexibility index (Phi) is 8.52. The second-order valence-corrected chi connectivity index (χ2v) is 8.79. The lowest BCUT2D eigenvalue weighted by molar-refractivity contribution is -0.121. The van der Waals surface area contributed by atoms with Crippen LogP contribution in [0.2, 0.25) is 0 Å². The van der Waals surface area contributed by atoms with Crippen LogP contribution in [0.25, 0.3) is 10.9 Å². The minimum absolute atomic E-state index is 0.0368. The van der Waals surface area contributed by atoms with E-state index in [1.54, 1.807) is 24.3 Å². The number of hydrogen-bond donors (Lipinski definition) is 2. The van der Waals surface area contributed by atoms with Crippen LogP contribution in [0.3, 0.4) is 0 Å². The highest BCUT2D eigenvalue weighted by molar-refractivity contribution is 5.94. The first-order valence-electron chi connectivity index (χ1n) is 11.7. The topological polar surface area (TPSA) is 121 Å². The Labute approximate surface area is 208 Å². The maximum Gasteiger partial charge on any atom is 0.332 e. The Morgan fingerprint density at radius 2 is 1.61 bits per heavy atom. The van der Waals surface area contributed by atoms with Gasteiger partial charge in [0, 0.05) is 25.2 Å². The van der Waals surface area contributed by atoms with Crippen molar-refractivity contribution in [2.24, 2.45) is 5.92 Å². The van der Waals surface area contributed by atoms with Crippen molar-refractivity contribution in [1.29, 1.82) is 0 Å². The van der Waals surface area contributed by atoms with E-state index in [4.69, 9.17) is 9.47 Å². The molecular formula is C26H32N4O6. The molecule has 2 aromatic carbocycles. The van der Waals surface area contributed by atoms with Gasteiger partial charge in [-0.05, 0) is 36.1 Å². The van der Waals surface area contributed by atoms with Gasteiger partial charge in [-0.15, -0.1) is 0 Å². The van der Waals surface area contributed by atoms with Crippen LogP contribution < -0.4 is 31.4 Å². The maximum atomic E-state index is 13.5. The van der Waals surface area contributed by atoms with Gasteiger partial charge in [-0.3, -0.25) is 23.5 Å². The van der Waals surface area contributed by atoms with E-state index in [1.165, 1.54) is 38.0 Å². The summed E-state index contributed by atoms with van der Waals surface area (Å²) in [7, 11) is 4.44. The highest BCUT2D eigenvalue weighted by Crippen LogP contribution is 2.30. The number of fused-ring (bicyclic) bond motifs is 1. The van der Waals surface area contributed by atoms with Gasteiger partial charge in [0.25, 0.3) is 11.5 Å². The third kappa shape index (κ3) is 5.76. The predicted octanol–water partition coefficient (Wildman–Crippen LogP) is 1.75. The van der Waals surface area contributed by atoms with E-state index in [0.717, 1.165) is 11.0 Å². The van der Waals surface area contributed by atoms with E-state index >= 15 is 0 Å². The number of aromatic nitrogens is 2. The van der Waals surface area contributed by atoms with Crippen molar-refractivity contribution in [3.05, 3.63) is 68.4 Å². The van der Waals surface area contributed by atoms with E-state index < -0.39 is 11.2 Å². The van der Waals surface area contributed by atoms with Crippen LogP contribution in [0.1, 0.15) is 36.2 Å². The number of amides is 2. The number of rotatable bonds is 10. The molecular weight excluding hydrogens is 464 g/mol. The van der Waals surface area contributed by atoms with Crippen molar-refractivity contribution >= 4 is 22.7 Å². The van der Waals surface area contributed by atoms with E-state index in [9.17, 15) is 19.2 Å². The van der Waals surface area contributed by atoms with Crippen LogP contribution in [0.4, 0.5) is 0 Å². The summed E-state index contributed by atoms with van der Waals surface area (Å²) in [5.74, 6) is 0.503. The van der Waals surface area contributed by atoms with Crippen molar-refractivity contribution in [2.75, 3.05) is 27.8 Å². The molecule has 3 rings (SSSR count). The quantitative estimate of drug-likeness (QED) is 0.441. The summed E-state index contributed by atoms with van der Waals surface area (Å²) in [6.07, 6.45) is 0.804. The maximum absolute atomic E-state index is 13.5. The molecule has 36 heavy (non-hydrogen) atoms. The number of benzene rings is 2. The minimum Gasteiger partial charge on any atom is -0.493 e. The monoisotopic (exact) mass is 496 g/mol. The summed E-state index contributed by atoms with van der Waals surface area (Å²) in [4.78, 5) is 51.5. The van der Waals surface area contributed by atoms with Crippen LogP contribution in [0.15, 0.2) is 46.0 Å². The number of nitrogens with zero attached hydrogens (tertiary/aromatic N) is 2. The Morgan fingerprint density at radius 1 is 0.972 bits per heavy atom. The lowest BCUT2D eigenvalue weighted by Gasteiger charge is -2.16. The molecule has 2 amide bonds. The second kappa shape index (κ2) is 11.6. The molecule has 0 saturated heterocycles. The summed E-state index contributed by atoms with van der Waals surface area (Å²) >= 11 is 0. The van der Waals surface area contributed by atoms with Gasteiger partial charge < -0.3 is 20.1 Å². The average molecular weight is 497 g/mol. The first-order valence-corrected chi connectivity index (χ1v) is 11.7. The Bertz CT molecular complexity index is 1370. The average Bonchev–Trinajstić information content (AvgIpc) is 2.87. The highest BCUT2D eigenvalue weighted by atomic mass is 16.5. The molecule has 0 unspecified atom stereocenters. The van der Waals surface area contributed by atoms with Crippen LogP contribution in [0, 0.1) is 5.92 Å². The molecule has 2 N–H and O–H groups in total. The molecule has 192 valence electrons. The normalized spacial score (nSPS) is 10.9. The summed E-state index contributed by atoms with van der Waals surface area (Å²) in [6, 6.07) is 9.63. The highest BCUT2D eigenvalue weighted by Gasteiger charge is 2.19. The molecule has 3 aromatic rings. The molecule has 0 radical (unpaired) electrons. The van der Waals surface area contributed by atoms with Gasteiger partial charge in [0.1, 0.15) is 6.54 Å². The largest absolute Gasteiger partial charge is 0.493 e. The number of carbonyl (C=O) groups excluding carboxylic acids is 2. The predicted molar refractivity (Wildman–Crippen MR) is 137 cm³/mol. The smallest absolute Gasteiger partial charge is 0.332 e. The summed E-state index contributed by atoms with van der Waals surface area (Å²) < 4.78 is 13.1. The number of hydrogen-bond acceptors (Lipinski definition) is 6. The Morgan fingerprint density at radius 3 is 2.19 bits per heavy atom. The number of nitrogens with one attached hydrogen (secondary N) is 2. The van der Waals surface area contributed by atoms with Crippen molar-refractivity contribution in [2.45, 2.75) is 33.4 Å². The first kappa shape index (κ1) is 26.5. The van der Waals surface area contributed by atoms with Gasteiger partial charge in [0.2, 0.25) is 5.91 Å². The third-order valence-electron chi connectivity index (χ3n) is 5.86. The first-order chi connectivity index (χ1) is 17.2. The Hall–Kier alpha value is -4.08. The Balaban J connectivity index is 2.11. The van der Waals surface area contributed by atoms with Crippen molar-refractivity contribution in [3.8, 4) is 11.5 Å². The molecule has 10 heteroatoms. The van der Waals surface area contributed by atoms with Crippen molar-refractivity contribution in [3.63, 3.8) is 0 Å². The van der Waals surface area contributed by atoms with Crippen molar-refractivity contribution in [1.82, 2.24) is 19.8 Å². The van der Waals surface area contributed by atoms with Crippen LogP contribution in [-0.4, -0.2) is 48.8 Å². The SMILES string of the molecule is CNC(=O)c1ccc(Cn2c(=O)c3cc(OC)c(OC)cc3n(CC(=O)NCCC(C)C)c2=O)cc1. The van der Waals surface area contributed by atoms with Gasteiger partial charge in [-0.1, -0.05) is 26.0 Å². The molecule has 0 spiro atoms. The molecule has 0 aliphatic carbocycles. The zero-order chi connectivity index (χ0) is 26.4. The number of methoxy groups -OCH3 is 2. The van der Waals surface area contributed by atoms with E-state index in [2.05, 4.69) is 24.5 Å². The van der Waals surface area contributed by atoms with Gasteiger partial charge in [-0.2, -0.15) is 0 Å². The fraction of sp³-hybridized carbons (Fsp3) is 0.385. The molecule has 0 fully saturated rings. The standard InChI is InChI=1S/C26H32N4O6/c1-16(2)10-11-28-23(31)15-29-20-13-22(36-5)21(35-4)12-19(20)25(33)30(26(29)34)14-17-6-8-18(9-7-17)24(32)27-3/h6-9,12-13,16H,10-11,14-15H2,1-5H3,(H,27,32)(H,28,31). The fourth-order valence-electron chi connectivity index (χ4n) is 3.82. The summed E-state index contributed by atoms with van der Waals surface area (Å²) in [6.45, 7) is 4.29. The zero-order valence-corrected chi connectivity index (χ0v) is 21.2. The minimum atomic E-state index is -0.630. The lowest BCUT2D eigenvalue weighted by atomic mass is 10.1. The van der Waals surface area contributed by atoms with Gasteiger partial charge in [0.05, 0.1) is 31.7 Å². The van der Waals surface area contributed by atoms with Crippen LogP contribution in [0.5, 0.6) is 11.5 Å². The van der Waals surface area contributed by atoms with E-state index in [1.807, 2.05) is 0 Å². The third-order valence-corrected chi connectivity index (χ3v) is 5.86. The molecule has 10 nitrogen and oxygen atoms in total. The van der Waals surface area contributed by atoms with Crippen LogP contribution >= 0.6 is 0 Å². The number of carbonyl (C=O) groups is 2. The van der Waals surface area contributed by atoms with E-state index in [-0.39, 0.29) is 35.8 Å². The van der Waals surface area contributed by atoms with E-state index in [0.29, 0.717) is 35.1 Å². The lowest BCUT2D eigenvalue weighted by Crippen LogP contribution is -2.43. The van der Waals surface area contributed by atoms with Gasteiger partial charge in [0.15, 0.2) is 11.5 Å². The molecule has 0 bridgehead atoms. The second-order valence-electron chi connectivity index (χ2n) is 8.79. The van der Waals surface area contributed by atoms with Crippen LogP contribution in [-0.2, 0) is 17.9 Å². The van der Waals surface area contributed by atoms with Gasteiger partial charge >= 0.3 is 5.69 Å². The molecule has 1 aromatic heterocycles. The molecule has 0 atom stereocenters. The zero-order valence-electron chi connectivity index (χ0n) is 21.2. The van der Waals surface area contributed by atoms with Gasteiger partial charge in [-0.25, -0.2) is 4.79 Å². The van der Waals surface area contributed by atoms with Crippen molar-refractivity contribution < 1.29 is 19.1 Å². The molecule has 0 saturated carbocycles. The molecule has 0 aliphatic heterocycles.